The summed E-state index contributed by atoms with van der Waals surface area (Å²) in [4.78, 5) is 14.4. The fourth-order valence-electron chi connectivity index (χ4n) is 2.97. The van der Waals surface area contributed by atoms with E-state index in [0.29, 0.717) is 31.2 Å². The Bertz CT molecular complexity index is 849. The van der Waals surface area contributed by atoms with Gasteiger partial charge in [0.15, 0.2) is 0 Å². The van der Waals surface area contributed by atoms with E-state index < -0.39 is 0 Å². The molecule has 3 rings (SSSR count). The van der Waals surface area contributed by atoms with E-state index in [2.05, 4.69) is 39.5 Å². The summed E-state index contributed by atoms with van der Waals surface area (Å²) in [7, 11) is 0. The Kier molecular flexibility index (Phi) is 7.18. The van der Waals surface area contributed by atoms with Crippen molar-refractivity contribution in [2.75, 3.05) is 24.5 Å². The van der Waals surface area contributed by atoms with Crippen LogP contribution in [0.5, 0.6) is 0 Å². The number of anilines is 1. The van der Waals surface area contributed by atoms with Crippen molar-refractivity contribution in [3.63, 3.8) is 0 Å². The first-order valence-corrected chi connectivity index (χ1v) is 9.70. The summed E-state index contributed by atoms with van der Waals surface area (Å²) in [6.45, 7) is 4.64. The molecule has 0 fully saturated rings. The number of hydrogen-bond donors (Lipinski definition) is 1. The molecule has 0 atom stereocenters. The first-order chi connectivity index (χ1) is 13.8. The van der Waals surface area contributed by atoms with E-state index in [1.54, 1.807) is 0 Å². The molecule has 6 heteroatoms. The number of carbonyl (C=O) groups excluding carboxylic acids is 1. The molecule has 146 valence electrons. The Labute approximate surface area is 165 Å². The van der Waals surface area contributed by atoms with E-state index >= 15 is 0 Å². The van der Waals surface area contributed by atoms with Crippen molar-refractivity contribution in [3.05, 3.63) is 66.6 Å². The number of para-hydroxylation sites is 1. The molecule has 1 N–H and O–H groups in total. The maximum atomic E-state index is 12.1. The average molecular weight is 378 g/mol. The van der Waals surface area contributed by atoms with Crippen molar-refractivity contribution >= 4 is 11.6 Å². The highest BCUT2D eigenvalue weighted by Gasteiger charge is 2.10. The lowest BCUT2D eigenvalue weighted by molar-refractivity contribution is -0.121. The SMILES string of the molecule is CCN(CCCNC(=O)CCc1nnc(-c2ccccc2)o1)c1ccccc1. The molecule has 0 aliphatic heterocycles. The van der Waals surface area contributed by atoms with Gasteiger partial charge in [-0.15, -0.1) is 10.2 Å². The Morgan fingerprint density at radius 1 is 1.04 bits per heavy atom. The van der Waals surface area contributed by atoms with Gasteiger partial charge in [-0.3, -0.25) is 4.79 Å². The molecule has 0 saturated heterocycles. The van der Waals surface area contributed by atoms with Crippen molar-refractivity contribution in [1.82, 2.24) is 15.5 Å². The first kappa shape index (κ1) is 19.6. The molecule has 1 aromatic heterocycles. The maximum absolute atomic E-state index is 12.1. The number of rotatable bonds is 10. The Balaban J connectivity index is 1.36. The molecule has 6 nitrogen and oxygen atoms in total. The molecule has 0 aliphatic rings. The van der Waals surface area contributed by atoms with Crippen molar-refractivity contribution in [2.24, 2.45) is 0 Å². The van der Waals surface area contributed by atoms with Gasteiger partial charge in [0.1, 0.15) is 0 Å². The molecule has 3 aromatic rings. The van der Waals surface area contributed by atoms with E-state index in [1.165, 1.54) is 5.69 Å². The number of aromatic nitrogens is 2. The zero-order valence-corrected chi connectivity index (χ0v) is 16.2. The van der Waals surface area contributed by atoms with Gasteiger partial charge in [-0.25, -0.2) is 0 Å². The van der Waals surface area contributed by atoms with E-state index in [9.17, 15) is 4.79 Å². The summed E-state index contributed by atoms with van der Waals surface area (Å²) in [6, 6.07) is 19.9. The Morgan fingerprint density at radius 2 is 1.75 bits per heavy atom. The highest BCUT2D eigenvalue weighted by molar-refractivity contribution is 5.76. The lowest BCUT2D eigenvalue weighted by Crippen LogP contribution is -2.30. The van der Waals surface area contributed by atoms with Crippen LogP contribution >= 0.6 is 0 Å². The molecular formula is C22H26N4O2. The minimum Gasteiger partial charge on any atom is -0.421 e. The zero-order chi connectivity index (χ0) is 19.6. The van der Waals surface area contributed by atoms with Crippen LogP contribution < -0.4 is 10.2 Å². The van der Waals surface area contributed by atoms with Crippen molar-refractivity contribution < 1.29 is 9.21 Å². The third-order valence-corrected chi connectivity index (χ3v) is 4.48. The van der Waals surface area contributed by atoms with Gasteiger partial charge in [0.2, 0.25) is 17.7 Å². The topological polar surface area (TPSA) is 71.3 Å². The zero-order valence-electron chi connectivity index (χ0n) is 16.2. The van der Waals surface area contributed by atoms with Crippen LogP contribution in [0.25, 0.3) is 11.5 Å². The third kappa shape index (κ3) is 5.67. The molecule has 28 heavy (non-hydrogen) atoms. The van der Waals surface area contributed by atoms with E-state index in [-0.39, 0.29) is 5.91 Å². The third-order valence-electron chi connectivity index (χ3n) is 4.48. The fourth-order valence-corrected chi connectivity index (χ4v) is 2.97. The normalized spacial score (nSPS) is 10.6. The monoisotopic (exact) mass is 378 g/mol. The number of amides is 1. The van der Waals surface area contributed by atoms with Gasteiger partial charge in [-0.2, -0.15) is 0 Å². The Morgan fingerprint density at radius 3 is 2.46 bits per heavy atom. The lowest BCUT2D eigenvalue weighted by Gasteiger charge is -2.23. The molecular weight excluding hydrogens is 352 g/mol. The number of nitrogens with zero attached hydrogens (tertiary/aromatic N) is 3. The van der Waals surface area contributed by atoms with Crippen LogP contribution in [-0.2, 0) is 11.2 Å². The summed E-state index contributed by atoms with van der Waals surface area (Å²) in [6.07, 6.45) is 1.68. The summed E-state index contributed by atoms with van der Waals surface area (Å²) in [5.74, 6) is 0.967. The first-order valence-electron chi connectivity index (χ1n) is 9.70. The van der Waals surface area contributed by atoms with Crippen LogP contribution in [0.3, 0.4) is 0 Å². The number of carbonyl (C=O) groups is 1. The van der Waals surface area contributed by atoms with E-state index in [4.69, 9.17) is 4.42 Å². The van der Waals surface area contributed by atoms with Crippen LogP contribution in [-0.4, -0.2) is 35.7 Å². The van der Waals surface area contributed by atoms with Crippen LogP contribution in [0.2, 0.25) is 0 Å². The molecule has 0 aliphatic carbocycles. The van der Waals surface area contributed by atoms with Gasteiger partial charge in [0.25, 0.3) is 0 Å². The van der Waals surface area contributed by atoms with Gasteiger partial charge in [-0.05, 0) is 37.6 Å². The van der Waals surface area contributed by atoms with Gasteiger partial charge in [0, 0.05) is 43.7 Å². The molecule has 0 radical (unpaired) electrons. The quantitative estimate of drug-likeness (QED) is 0.545. The molecule has 0 spiro atoms. The minimum absolute atomic E-state index is 0.00206. The lowest BCUT2D eigenvalue weighted by atomic mass is 10.2. The van der Waals surface area contributed by atoms with E-state index in [0.717, 1.165) is 25.1 Å². The Hall–Kier alpha value is -3.15. The second-order valence-electron chi connectivity index (χ2n) is 6.49. The average Bonchev–Trinajstić information content (AvgIpc) is 3.23. The highest BCUT2D eigenvalue weighted by Crippen LogP contribution is 2.17. The molecule has 0 saturated carbocycles. The van der Waals surface area contributed by atoms with Crippen molar-refractivity contribution in [3.8, 4) is 11.5 Å². The van der Waals surface area contributed by atoms with Crippen LogP contribution in [0.1, 0.15) is 25.7 Å². The number of nitrogens with one attached hydrogen (secondary N) is 1. The fraction of sp³-hybridized carbons (Fsp3) is 0.318. The van der Waals surface area contributed by atoms with Crippen LogP contribution in [0.4, 0.5) is 5.69 Å². The molecule has 2 aromatic carbocycles. The summed E-state index contributed by atoms with van der Waals surface area (Å²) >= 11 is 0. The number of benzene rings is 2. The molecule has 0 unspecified atom stereocenters. The predicted molar refractivity (Wildman–Crippen MR) is 110 cm³/mol. The van der Waals surface area contributed by atoms with Crippen LogP contribution in [0, 0.1) is 0 Å². The largest absolute Gasteiger partial charge is 0.421 e. The molecule has 1 amide bonds. The second-order valence-corrected chi connectivity index (χ2v) is 6.49. The summed E-state index contributed by atoms with van der Waals surface area (Å²) in [5, 5.41) is 11.0. The van der Waals surface area contributed by atoms with Gasteiger partial charge >= 0.3 is 0 Å². The van der Waals surface area contributed by atoms with Crippen molar-refractivity contribution in [2.45, 2.75) is 26.2 Å². The van der Waals surface area contributed by atoms with Crippen LogP contribution in [0.15, 0.2) is 65.1 Å². The molecule has 0 bridgehead atoms. The number of aryl methyl sites for hydroxylation is 1. The van der Waals surface area contributed by atoms with Gasteiger partial charge in [0.05, 0.1) is 0 Å². The van der Waals surface area contributed by atoms with Crippen molar-refractivity contribution in [1.29, 1.82) is 0 Å². The predicted octanol–water partition coefficient (Wildman–Crippen LogP) is 3.70. The smallest absolute Gasteiger partial charge is 0.247 e. The molecule has 1 heterocycles. The summed E-state index contributed by atoms with van der Waals surface area (Å²) < 4.78 is 5.63. The van der Waals surface area contributed by atoms with Gasteiger partial charge in [-0.1, -0.05) is 36.4 Å². The standard InChI is InChI=1S/C22H26N4O2/c1-2-26(19-12-7-4-8-13-19)17-9-16-23-20(27)14-15-21-24-25-22(28-21)18-10-5-3-6-11-18/h3-8,10-13H,2,9,14-17H2,1H3,(H,23,27). The van der Waals surface area contributed by atoms with E-state index in [1.807, 2.05) is 48.5 Å². The second kappa shape index (κ2) is 10.3. The number of hydrogen-bond acceptors (Lipinski definition) is 5. The highest BCUT2D eigenvalue weighted by atomic mass is 16.4. The summed E-state index contributed by atoms with van der Waals surface area (Å²) in [5.41, 5.74) is 2.09. The minimum atomic E-state index is 0.00206. The van der Waals surface area contributed by atoms with Gasteiger partial charge < -0.3 is 14.6 Å². The maximum Gasteiger partial charge on any atom is 0.247 e.